The summed E-state index contributed by atoms with van der Waals surface area (Å²) in [5.41, 5.74) is 9.07. The molecule has 2 heterocycles. The largest absolute Gasteiger partial charge is 0.454 e. The molecular formula is C17H13N3O. The Morgan fingerprint density at radius 1 is 0.905 bits per heavy atom. The van der Waals surface area contributed by atoms with Crippen LogP contribution >= 0.6 is 0 Å². The van der Waals surface area contributed by atoms with Crippen molar-refractivity contribution in [3.05, 3.63) is 60.8 Å². The summed E-state index contributed by atoms with van der Waals surface area (Å²) in [5.74, 6) is 0.630. The van der Waals surface area contributed by atoms with Gasteiger partial charge in [0.05, 0.1) is 11.4 Å². The molecule has 0 fully saturated rings. The molecule has 4 nitrogen and oxygen atoms in total. The highest BCUT2D eigenvalue weighted by Gasteiger charge is 2.11. The number of nitrogens with one attached hydrogen (secondary N) is 1. The molecule has 0 saturated carbocycles. The Morgan fingerprint density at radius 3 is 2.67 bits per heavy atom. The molecule has 0 radical (unpaired) electrons. The highest BCUT2D eigenvalue weighted by atomic mass is 16.3. The molecule has 0 aliphatic carbocycles. The number of hydrogen-bond acceptors (Lipinski definition) is 4. The van der Waals surface area contributed by atoms with Crippen molar-refractivity contribution in [3.8, 4) is 0 Å². The molecule has 0 bridgehead atoms. The third-order valence-corrected chi connectivity index (χ3v) is 3.50. The number of rotatable bonds is 2. The van der Waals surface area contributed by atoms with E-state index in [1.165, 1.54) is 0 Å². The topological polar surface area (TPSA) is 64.1 Å². The van der Waals surface area contributed by atoms with E-state index < -0.39 is 0 Å². The minimum Gasteiger partial charge on any atom is -0.454 e. The summed E-state index contributed by atoms with van der Waals surface area (Å²) >= 11 is 0. The van der Waals surface area contributed by atoms with E-state index >= 15 is 0 Å². The van der Waals surface area contributed by atoms with Crippen LogP contribution in [0, 0.1) is 0 Å². The van der Waals surface area contributed by atoms with Crippen LogP contribution in [0.25, 0.3) is 21.9 Å². The van der Waals surface area contributed by atoms with Crippen molar-refractivity contribution >= 4 is 39.1 Å². The molecular weight excluding hydrogens is 262 g/mol. The van der Waals surface area contributed by atoms with Gasteiger partial charge in [-0.2, -0.15) is 0 Å². The quantitative estimate of drug-likeness (QED) is 0.572. The second-order valence-corrected chi connectivity index (χ2v) is 4.85. The fourth-order valence-corrected chi connectivity index (χ4v) is 2.50. The van der Waals surface area contributed by atoms with Crippen molar-refractivity contribution in [2.45, 2.75) is 0 Å². The van der Waals surface area contributed by atoms with Crippen LogP contribution < -0.4 is 11.1 Å². The summed E-state index contributed by atoms with van der Waals surface area (Å²) in [5, 5.41) is 5.42. The fourth-order valence-electron chi connectivity index (χ4n) is 2.50. The number of hydrogen-bond donors (Lipinski definition) is 2. The lowest BCUT2D eigenvalue weighted by atomic mass is 10.1. The fraction of sp³-hybridized carbons (Fsp3) is 0. The third kappa shape index (κ3) is 1.89. The van der Waals surface area contributed by atoms with Gasteiger partial charge in [-0.15, -0.1) is 0 Å². The van der Waals surface area contributed by atoms with E-state index in [-0.39, 0.29) is 0 Å². The van der Waals surface area contributed by atoms with Crippen LogP contribution in [0.3, 0.4) is 0 Å². The number of furan rings is 1. The monoisotopic (exact) mass is 275 g/mol. The van der Waals surface area contributed by atoms with Crippen molar-refractivity contribution in [3.63, 3.8) is 0 Å². The van der Waals surface area contributed by atoms with Gasteiger partial charge in [-0.3, -0.25) is 0 Å². The summed E-state index contributed by atoms with van der Waals surface area (Å²) in [4.78, 5) is 4.26. The van der Waals surface area contributed by atoms with Crippen molar-refractivity contribution < 1.29 is 4.42 Å². The van der Waals surface area contributed by atoms with Gasteiger partial charge >= 0.3 is 0 Å². The first kappa shape index (κ1) is 11.8. The average Bonchev–Trinajstić information content (AvgIpc) is 2.89. The van der Waals surface area contributed by atoms with Gasteiger partial charge in [-0.05, 0) is 24.3 Å². The summed E-state index contributed by atoms with van der Waals surface area (Å²) < 4.78 is 5.96. The van der Waals surface area contributed by atoms with Gasteiger partial charge in [-0.25, -0.2) is 4.98 Å². The van der Waals surface area contributed by atoms with Gasteiger partial charge in [0.2, 0.25) is 0 Å². The summed E-state index contributed by atoms with van der Waals surface area (Å²) in [6, 6.07) is 17.6. The number of aromatic nitrogens is 1. The molecule has 2 aromatic carbocycles. The predicted octanol–water partition coefficient (Wildman–Crippen LogP) is 4.31. The maximum atomic E-state index is 5.96. The lowest BCUT2D eigenvalue weighted by molar-refractivity contribution is 0.670. The zero-order chi connectivity index (χ0) is 14.2. The van der Waals surface area contributed by atoms with Crippen LogP contribution in [0.4, 0.5) is 17.2 Å². The lowest BCUT2D eigenvalue weighted by Gasteiger charge is -2.07. The van der Waals surface area contributed by atoms with Crippen LogP contribution in [-0.4, -0.2) is 4.98 Å². The van der Waals surface area contributed by atoms with Gasteiger partial charge in [0, 0.05) is 17.0 Å². The van der Waals surface area contributed by atoms with Crippen LogP contribution in [0.15, 0.2) is 65.2 Å². The molecule has 0 unspecified atom stereocenters. The Labute approximate surface area is 121 Å². The lowest BCUT2D eigenvalue weighted by Crippen LogP contribution is -1.98. The van der Waals surface area contributed by atoms with E-state index in [1.54, 1.807) is 6.20 Å². The maximum Gasteiger partial charge on any atom is 0.158 e. The SMILES string of the molecule is Nc1cccnc1Nc1cccc2c1oc1ccccc12. The molecule has 0 amide bonds. The standard InChI is InChI=1S/C17H13N3O/c18-13-7-4-10-19-17(13)20-14-8-3-6-12-11-5-1-2-9-15(11)21-16(12)14/h1-10H,18H2,(H,19,20). The van der Waals surface area contributed by atoms with Crippen LogP contribution in [-0.2, 0) is 0 Å². The molecule has 2 aromatic heterocycles. The molecule has 0 saturated heterocycles. The zero-order valence-corrected chi connectivity index (χ0v) is 11.2. The Bertz CT molecular complexity index is 943. The number of para-hydroxylation sites is 2. The third-order valence-electron chi connectivity index (χ3n) is 3.50. The summed E-state index contributed by atoms with van der Waals surface area (Å²) in [6.07, 6.45) is 1.71. The number of nitrogens with two attached hydrogens (primary N) is 1. The van der Waals surface area contributed by atoms with Crippen molar-refractivity contribution in [2.75, 3.05) is 11.1 Å². The number of pyridine rings is 1. The predicted molar refractivity (Wildman–Crippen MR) is 85.7 cm³/mol. The Hall–Kier alpha value is -3.01. The summed E-state index contributed by atoms with van der Waals surface area (Å²) in [7, 11) is 0. The first-order chi connectivity index (χ1) is 10.3. The normalized spacial score (nSPS) is 11.0. The molecule has 0 atom stereocenters. The van der Waals surface area contributed by atoms with E-state index in [0.29, 0.717) is 11.5 Å². The van der Waals surface area contributed by atoms with Crippen LogP contribution in [0.2, 0.25) is 0 Å². The number of benzene rings is 2. The molecule has 102 valence electrons. The first-order valence-corrected chi connectivity index (χ1v) is 6.71. The number of nitrogen functional groups attached to an aromatic ring is 1. The Kier molecular flexibility index (Phi) is 2.54. The smallest absolute Gasteiger partial charge is 0.158 e. The number of anilines is 3. The van der Waals surface area contributed by atoms with E-state index in [0.717, 1.165) is 27.6 Å². The van der Waals surface area contributed by atoms with Crippen LogP contribution in [0.5, 0.6) is 0 Å². The summed E-state index contributed by atoms with van der Waals surface area (Å²) in [6.45, 7) is 0. The van der Waals surface area contributed by atoms with E-state index in [1.807, 2.05) is 48.5 Å². The first-order valence-electron chi connectivity index (χ1n) is 6.71. The van der Waals surface area contributed by atoms with Gasteiger partial charge in [0.25, 0.3) is 0 Å². The second kappa shape index (κ2) is 4.52. The molecule has 4 aromatic rings. The maximum absolute atomic E-state index is 5.96. The van der Waals surface area contributed by atoms with Gasteiger partial charge in [0.1, 0.15) is 5.58 Å². The van der Waals surface area contributed by atoms with Crippen molar-refractivity contribution in [1.29, 1.82) is 0 Å². The highest BCUT2D eigenvalue weighted by molar-refractivity contribution is 6.09. The molecule has 21 heavy (non-hydrogen) atoms. The van der Waals surface area contributed by atoms with Crippen LogP contribution in [0.1, 0.15) is 0 Å². The zero-order valence-electron chi connectivity index (χ0n) is 11.2. The Balaban J connectivity index is 1.91. The van der Waals surface area contributed by atoms with E-state index in [9.17, 15) is 0 Å². The molecule has 3 N–H and O–H groups in total. The van der Waals surface area contributed by atoms with Crippen molar-refractivity contribution in [1.82, 2.24) is 4.98 Å². The minimum absolute atomic E-state index is 0.602. The molecule has 0 spiro atoms. The molecule has 0 aliphatic rings. The Morgan fingerprint density at radius 2 is 1.76 bits per heavy atom. The van der Waals surface area contributed by atoms with Gasteiger partial charge in [-0.1, -0.05) is 30.3 Å². The molecule has 4 heteroatoms. The molecule has 4 rings (SSSR count). The number of nitrogens with zero attached hydrogens (tertiary/aromatic N) is 1. The van der Waals surface area contributed by atoms with Gasteiger partial charge in [0.15, 0.2) is 11.4 Å². The van der Waals surface area contributed by atoms with E-state index in [2.05, 4.69) is 16.4 Å². The average molecular weight is 275 g/mol. The highest BCUT2D eigenvalue weighted by Crippen LogP contribution is 2.34. The molecule has 0 aliphatic heterocycles. The van der Waals surface area contributed by atoms with Gasteiger partial charge < -0.3 is 15.5 Å². The second-order valence-electron chi connectivity index (χ2n) is 4.85. The minimum atomic E-state index is 0.602. The van der Waals surface area contributed by atoms with E-state index in [4.69, 9.17) is 10.2 Å². The van der Waals surface area contributed by atoms with Crippen molar-refractivity contribution in [2.24, 2.45) is 0 Å². The number of fused-ring (bicyclic) bond motifs is 3.